The van der Waals surface area contributed by atoms with Crippen molar-refractivity contribution in [2.24, 2.45) is 0 Å². The molecule has 0 aromatic rings. The molecular formula is C17H35NO. The van der Waals surface area contributed by atoms with E-state index in [1.807, 2.05) is 0 Å². The summed E-state index contributed by atoms with van der Waals surface area (Å²) in [5.74, 6) is 0. The molecule has 0 radical (unpaired) electrons. The maximum atomic E-state index is 5.68. The van der Waals surface area contributed by atoms with Gasteiger partial charge in [-0.15, -0.1) is 0 Å². The normalized spacial score (nSPS) is 15.0. The highest BCUT2D eigenvalue weighted by Crippen LogP contribution is 2.18. The quantitative estimate of drug-likeness (QED) is 0.436. The summed E-state index contributed by atoms with van der Waals surface area (Å²) in [7, 11) is 0. The van der Waals surface area contributed by atoms with Gasteiger partial charge in [-0.2, -0.15) is 0 Å². The Labute approximate surface area is 120 Å². The molecule has 0 saturated heterocycles. The predicted octanol–water partition coefficient (Wildman–Crippen LogP) is 4.68. The summed E-state index contributed by atoms with van der Waals surface area (Å²) in [6, 6.07) is 0.876. The minimum atomic E-state index is 0.876. The van der Waals surface area contributed by atoms with Crippen molar-refractivity contribution in [1.82, 2.24) is 5.32 Å². The lowest BCUT2D eigenvalue weighted by Crippen LogP contribution is -2.17. The summed E-state index contributed by atoms with van der Waals surface area (Å²) >= 11 is 0. The van der Waals surface area contributed by atoms with Crippen molar-refractivity contribution in [3.8, 4) is 0 Å². The highest BCUT2D eigenvalue weighted by Gasteiger charge is 2.19. The van der Waals surface area contributed by atoms with Gasteiger partial charge in [-0.05, 0) is 38.6 Å². The zero-order chi connectivity index (χ0) is 13.6. The van der Waals surface area contributed by atoms with Crippen LogP contribution in [0.15, 0.2) is 0 Å². The van der Waals surface area contributed by atoms with Crippen LogP contribution in [0.2, 0.25) is 0 Å². The Kier molecular flexibility index (Phi) is 11.5. The molecule has 2 nitrogen and oxygen atoms in total. The lowest BCUT2D eigenvalue weighted by Gasteiger charge is -2.05. The average molecular weight is 269 g/mol. The predicted molar refractivity (Wildman–Crippen MR) is 83.7 cm³/mol. The Bertz CT molecular complexity index is 180. The van der Waals surface area contributed by atoms with Crippen LogP contribution in [-0.4, -0.2) is 25.8 Å². The van der Waals surface area contributed by atoms with Gasteiger partial charge in [0, 0.05) is 19.3 Å². The van der Waals surface area contributed by atoms with Gasteiger partial charge in [0.2, 0.25) is 0 Å². The molecule has 0 amide bonds. The Morgan fingerprint density at radius 2 is 1.37 bits per heavy atom. The molecule has 0 aliphatic heterocycles. The van der Waals surface area contributed by atoms with Crippen LogP contribution in [0, 0.1) is 0 Å². The lowest BCUT2D eigenvalue weighted by molar-refractivity contribution is 0.125. The summed E-state index contributed by atoms with van der Waals surface area (Å²) in [5.41, 5.74) is 0. The minimum Gasteiger partial charge on any atom is -0.381 e. The van der Waals surface area contributed by atoms with Crippen molar-refractivity contribution in [1.29, 1.82) is 0 Å². The number of ether oxygens (including phenoxy) is 1. The largest absolute Gasteiger partial charge is 0.381 e. The monoisotopic (exact) mass is 269 g/mol. The van der Waals surface area contributed by atoms with Crippen LogP contribution in [-0.2, 0) is 4.74 Å². The third-order valence-corrected chi connectivity index (χ3v) is 3.87. The molecule has 1 aliphatic carbocycles. The Balaban J connectivity index is 1.60. The van der Waals surface area contributed by atoms with Gasteiger partial charge in [-0.1, -0.05) is 51.9 Å². The van der Waals surface area contributed by atoms with Crippen LogP contribution in [0.25, 0.3) is 0 Å². The molecule has 0 spiro atoms. The highest BCUT2D eigenvalue weighted by molar-refractivity contribution is 4.80. The fourth-order valence-electron chi connectivity index (χ4n) is 2.36. The van der Waals surface area contributed by atoms with Crippen molar-refractivity contribution in [3.05, 3.63) is 0 Å². The third-order valence-electron chi connectivity index (χ3n) is 3.87. The highest BCUT2D eigenvalue weighted by atomic mass is 16.5. The molecule has 0 unspecified atom stereocenters. The Morgan fingerprint density at radius 3 is 2.00 bits per heavy atom. The average Bonchev–Trinajstić information content (AvgIpc) is 3.23. The second-order valence-electron chi connectivity index (χ2n) is 6.02. The molecule has 0 aromatic carbocycles. The minimum absolute atomic E-state index is 0.876. The molecule has 2 heteroatoms. The first-order valence-corrected chi connectivity index (χ1v) is 8.74. The molecule has 1 aliphatic rings. The number of unbranched alkanes of at least 4 members (excludes halogenated alkanes) is 8. The first-order chi connectivity index (χ1) is 9.43. The van der Waals surface area contributed by atoms with Crippen molar-refractivity contribution in [2.45, 2.75) is 90.0 Å². The second-order valence-corrected chi connectivity index (χ2v) is 6.02. The van der Waals surface area contributed by atoms with E-state index in [4.69, 9.17) is 4.74 Å². The smallest absolute Gasteiger partial charge is 0.0466 e. The van der Waals surface area contributed by atoms with Crippen LogP contribution in [0.4, 0.5) is 0 Å². The summed E-state index contributed by atoms with van der Waals surface area (Å²) < 4.78 is 5.68. The van der Waals surface area contributed by atoms with E-state index in [0.29, 0.717) is 0 Å². The Hall–Kier alpha value is -0.0800. The van der Waals surface area contributed by atoms with E-state index >= 15 is 0 Å². The molecule has 0 atom stereocenters. The van der Waals surface area contributed by atoms with Gasteiger partial charge in [0.05, 0.1) is 0 Å². The number of nitrogens with one attached hydrogen (secondary N) is 1. The molecule has 1 fully saturated rings. The maximum Gasteiger partial charge on any atom is 0.0466 e. The number of hydrogen-bond donors (Lipinski definition) is 1. The third kappa shape index (κ3) is 12.7. The van der Waals surface area contributed by atoms with E-state index in [9.17, 15) is 0 Å². The molecule has 0 heterocycles. The molecule has 114 valence electrons. The molecule has 0 bridgehead atoms. The van der Waals surface area contributed by atoms with Crippen LogP contribution in [0.3, 0.4) is 0 Å². The summed E-state index contributed by atoms with van der Waals surface area (Å²) in [6.07, 6.45) is 16.3. The van der Waals surface area contributed by atoms with Crippen molar-refractivity contribution in [2.75, 3.05) is 19.8 Å². The fourth-order valence-corrected chi connectivity index (χ4v) is 2.36. The van der Waals surface area contributed by atoms with E-state index in [0.717, 1.165) is 19.3 Å². The second kappa shape index (κ2) is 12.9. The van der Waals surface area contributed by atoms with E-state index < -0.39 is 0 Å². The van der Waals surface area contributed by atoms with Gasteiger partial charge in [0.25, 0.3) is 0 Å². The van der Waals surface area contributed by atoms with Gasteiger partial charge in [-0.3, -0.25) is 0 Å². The van der Waals surface area contributed by atoms with Crippen molar-refractivity contribution < 1.29 is 4.74 Å². The van der Waals surface area contributed by atoms with Gasteiger partial charge in [-0.25, -0.2) is 0 Å². The molecular weight excluding hydrogens is 234 g/mol. The summed E-state index contributed by atoms with van der Waals surface area (Å²) in [5, 5.41) is 3.57. The van der Waals surface area contributed by atoms with Crippen LogP contribution in [0.1, 0.15) is 84.0 Å². The number of rotatable bonds is 15. The standard InChI is InChI=1S/C17H35NO/c1-2-3-4-5-7-10-15-19-16-11-8-6-9-14-18-17-12-13-17/h17-18H,2-16H2,1H3. The van der Waals surface area contributed by atoms with E-state index in [1.54, 1.807) is 0 Å². The summed E-state index contributed by atoms with van der Waals surface area (Å²) in [4.78, 5) is 0. The zero-order valence-electron chi connectivity index (χ0n) is 13.1. The van der Waals surface area contributed by atoms with E-state index in [1.165, 1.54) is 83.6 Å². The van der Waals surface area contributed by atoms with Crippen LogP contribution < -0.4 is 5.32 Å². The van der Waals surface area contributed by atoms with Gasteiger partial charge >= 0.3 is 0 Å². The van der Waals surface area contributed by atoms with Gasteiger partial charge < -0.3 is 10.1 Å². The molecule has 0 aromatic heterocycles. The lowest BCUT2D eigenvalue weighted by atomic mass is 10.1. The zero-order valence-corrected chi connectivity index (χ0v) is 13.1. The fraction of sp³-hybridized carbons (Fsp3) is 1.00. The van der Waals surface area contributed by atoms with Gasteiger partial charge in [0.1, 0.15) is 0 Å². The Morgan fingerprint density at radius 1 is 0.789 bits per heavy atom. The molecule has 1 saturated carbocycles. The van der Waals surface area contributed by atoms with Crippen LogP contribution in [0.5, 0.6) is 0 Å². The molecule has 1 rings (SSSR count). The van der Waals surface area contributed by atoms with Gasteiger partial charge in [0.15, 0.2) is 0 Å². The molecule has 1 N–H and O–H groups in total. The first kappa shape index (κ1) is 17.0. The SMILES string of the molecule is CCCCCCCCOCCCCCCNC1CC1. The number of hydrogen-bond acceptors (Lipinski definition) is 2. The molecule has 19 heavy (non-hydrogen) atoms. The van der Waals surface area contributed by atoms with Crippen molar-refractivity contribution >= 4 is 0 Å². The van der Waals surface area contributed by atoms with Crippen LogP contribution >= 0.6 is 0 Å². The van der Waals surface area contributed by atoms with E-state index in [2.05, 4.69) is 12.2 Å². The summed E-state index contributed by atoms with van der Waals surface area (Å²) in [6.45, 7) is 5.45. The van der Waals surface area contributed by atoms with E-state index in [-0.39, 0.29) is 0 Å². The van der Waals surface area contributed by atoms with Crippen molar-refractivity contribution in [3.63, 3.8) is 0 Å². The maximum absolute atomic E-state index is 5.68. The first-order valence-electron chi connectivity index (χ1n) is 8.74. The topological polar surface area (TPSA) is 21.3 Å².